The molecule has 1 amide bonds. The lowest BCUT2D eigenvalue weighted by atomic mass is 10.0. The standard InChI is InChI=1S/C11H20N2O4/c1-7(2)11(8(3)14)13-9(15)4-5-12-6-10(16)17/h7,11-12H,4-6H2,1-3H3,(H,13,15)(H,16,17)/t11-/m0/s1. The van der Waals surface area contributed by atoms with Crippen molar-refractivity contribution in [1.29, 1.82) is 0 Å². The molecular formula is C11H20N2O4. The van der Waals surface area contributed by atoms with E-state index in [1.165, 1.54) is 6.92 Å². The number of hydrogen-bond donors (Lipinski definition) is 3. The Kier molecular flexibility index (Phi) is 7.13. The molecular weight excluding hydrogens is 224 g/mol. The number of rotatable bonds is 8. The number of nitrogens with one attached hydrogen (secondary N) is 2. The monoisotopic (exact) mass is 244 g/mol. The Morgan fingerprint density at radius 2 is 1.82 bits per heavy atom. The first-order chi connectivity index (χ1) is 7.84. The van der Waals surface area contributed by atoms with Gasteiger partial charge in [0.25, 0.3) is 0 Å². The molecule has 0 aliphatic heterocycles. The molecule has 0 saturated heterocycles. The fourth-order valence-electron chi connectivity index (χ4n) is 1.38. The summed E-state index contributed by atoms with van der Waals surface area (Å²) in [5, 5.41) is 13.6. The Labute approximate surface area is 101 Å². The van der Waals surface area contributed by atoms with Gasteiger partial charge in [0.1, 0.15) is 0 Å². The number of carbonyl (C=O) groups excluding carboxylic acids is 2. The maximum absolute atomic E-state index is 11.5. The highest BCUT2D eigenvalue weighted by atomic mass is 16.4. The second-order valence-corrected chi connectivity index (χ2v) is 4.22. The van der Waals surface area contributed by atoms with Gasteiger partial charge in [0.05, 0.1) is 12.6 Å². The number of amides is 1. The van der Waals surface area contributed by atoms with E-state index in [9.17, 15) is 14.4 Å². The van der Waals surface area contributed by atoms with Gasteiger partial charge >= 0.3 is 5.97 Å². The molecule has 0 aliphatic carbocycles. The smallest absolute Gasteiger partial charge is 0.317 e. The topological polar surface area (TPSA) is 95.5 Å². The third kappa shape index (κ3) is 7.46. The minimum absolute atomic E-state index is 0.0448. The van der Waals surface area contributed by atoms with E-state index < -0.39 is 12.0 Å². The molecule has 3 N–H and O–H groups in total. The van der Waals surface area contributed by atoms with Crippen LogP contribution in [0.1, 0.15) is 27.2 Å². The van der Waals surface area contributed by atoms with Crippen LogP contribution in [-0.2, 0) is 14.4 Å². The van der Waals surface area contributed by atoms with Crippen LogP contribution in [0.3, 0.4) is 0 Å². The van der Waals surface area contributed by atoms with Crippen molar-refractivity contribution in [3.63, 3.8) is 0 Å². The van der Waals surface area contributed by atoms with Crippen LogP contribution in [0.15, 0.2) is 0 Å². The van der Waals surface area contributed by atoms with Gasteiger partial charge in [-0.25, -0.2) is 0 Å². The summed E-state index contributed by atoms with van der Waals surface area (Å²) in [6.07, 6.45) is 0.157. The quantitative estimate of drug-likeness (QED) is 0.513. The number of carboxylic acids is 1. The Bertz CT molecular complexity index is 289. The molecule has 0 aromatic heterocycles. The largest absolute Gasteiger partial charge is 0.480 e. The van der Waals surface area contributed by atoms with E-state index in [-0.39, 0.29) is 37.1 Å². The van der Waals surface area contributed by atoms with Crippen LogP contribution >= 0.6 is 0 Å². The average Bonchev–Trinajstić information content (AvgIpc) is 2.19. The van der Waals surface area contributed by atoms with Gasteiger partial charge in [-0.15, -0.1) is 0 Å². The number of aliphatic carboxylic acids is 1. The molecule has 0 bridgehead atoms. The predicted octanol–water partition coefficient (Wildman–Crippen LogP) is -0.219. The van der Waals surface area contributed by atoms with Gasteiger partial charge in [0, 0.05) is 13.0 Å². The van der Waals surface area contributed by atoms with Gasteiger partial charge in [0.2, 0.25) is 5.91 Å². The van der Waals surface area contributed by atoms with Crippen molar-refractivity contribution in [3.8, 4) is 0 Å². The molecule has 0 fully saturated rings. The van der Waals surface area contributed by atoms with Crippen molar-refractivity contribution in [2.75, 3.05) is 13.1 Å². The van der Waals surface area contributed by atoms with Gasteiger partial charge in [0.15, 0.2) is 5.78 Å². The number of carbonyl (C=O) groups is 3. The Balaban J connectivity index is 3.91. The predicted molar refractivity (Wildman–Crippen MR) is 62.6 cm³/mol. The van der Waals surface area contributed by atoms with Gasteiger partial charge < -0.3 is 15.7 Å². The number of hydrogen-bond acceptors (Lipinski definition) is 4. The summed E-state index contributed by atoms with van der Waals surface area (Å²) in [7, 11) is 0. The maximum atomic E-state index is 11.5. The van der Waals surface area contributed by atoms with Crippen LogP contribution in [0.2, 0.25) is 0 Å². The molecule has 1 atom stereocenters. The van der Waals surface area contributed by atoms with Gasteiger partial charge in [-0.2, -0.15) is 0 Å². The van der Waals surface area contributed by atoms with Crippen molar-refractivity contribution in [2.45, 2.75) is 33.2 Å². The second kappa shape index (κ2) is 7.78. The molecule has 6 nitrogen and oxygen atoms in total. The third-order valence-electron chi connectivity index (χ3n) is 2.23. The first-order valence-corrected chi connectivity index (χ1v) is 5.57. The molecule has 0 aromatic rings. The molecule has 17 heavy (non-hydrogen) atoms. The first kappa shape index (κ1) is 15.6. The molecule has 98 valence electrons. The van der Waals surface area contributed by atoms with Crippen molar-refractivity contribution in [1.82, 2.24) is 10.6 Å². The summed E-state index contributed by atoms with van der Waals surface area (Å²) in [6.45, 7) is 5.26. The first-order valence-electron chi connectivity index (χ1n) is 5.57. The van der Waals surface area contributed by atoms with Crippen LogP contribution < -0.4 is 10.6 Å². The minimum atomic E-state index is -0.964. The van der Waals surface area contributed by atoms with E-state index in [1.807, 2.05) is 13.8 Å². The highest BCUT2D eigenvalue weighted by Gasteiger charge is 2.19. The summed E-state index contributed by atoms with van der Waals surface area (Å²) in [4.78, 5) is 32.9. The van der Waals surface area contributed by atoms with E-state index >= 15 is 0 Å². The maximum Gasteiger partial charge on any atom is 0.317 e. The van der Waals surface area contributed by atoms with Crippen LogP contribution in [0, 0.1) is 5.92 Å². The Morgan fingerprint density at radius 1 is 1.24 bits per heavy atom. The number of ketones is 1. The zero-order chi connectivity index (χ0) is 13.4. The lowest BCUT2D eigenvalue weighted by Crippen LogP contribution is -2.44. The SMILES string of the molecule is CC(=O)[C@@H](NC(=O)CCNCC(=O)O)C(C)C. The lowest BCUT2D eigenvalue weighted by molar-refractivity contribution is -0.136. The summed E-state index contributed by atoms with van der Waals surface area (Å²) in [5.41, 5.74) is 0. The Morgan fingerprint density at radius 3 is 2.24 bits per heavy atom. The third-order valence-corrected chi connectivity index (χ3v) is 2.23. The molecule has 0 rings (SSSR count). The van der Waals surface area contributed by atoms with Gasteiger partial charge in [-0.1, -0.05) is 13.8 Å². The van der Waals surface area contributed by atoms with E-state index in [0.717, 1.165) is 0 Å². The van der Waals surface area contributed by atoms with Crippen LogP contribution in [-0.4, -0.2) is 41.9 Å². The molecule has 0 aromatic carbocycles. The van der Waals surface area contributed by atoms with Crippen molar-refractivity contribution >= 4 is 17.7 Å². The highest BCUT2D eigenvalue weighted by molar-refractivity contribution is 5.87. The molecule has 0 spiro atoms. The van der Waals surface area contributed by atoms with Crippen LogP contribution in [0.25, 0.3) is 0 Å². The van der Waals surface area contributed by atoms with E-state index in [0.29, 0.717) is 0 Å². The van der Waals surface area contributed by atoms with E-state index in [2.05, 4.69) is 10.6 Å². The van der Waals surface area contributed by atoms with Crippen molar-refractivity contribution in [2.24, 2.45) is 5.92 Å². The van der Waals surface area contributed by atoms with Crippen LogP contribution in [0.4, 0.5) is 0 Å². The normalized spacial score (nSPS) is 12.2. The van der Waals surface area contributed by atoms with E-state index in [1.54, 1.807) is 0 Å². The average molecular weight is 244 g/mol. The molecule has 0 saturated carbocycles. The summed E-state index contributed by atoms with van der Waals surface area (Å²) in [5.74, 6) is -1.25. The fraction of sp³-hybridized carbons (Fsp3) is 0.727. The molecule has 0 aliphatic rings. The van der Waals surface area contributed by atoms with Crippen LogP contribution in [0.5, 0.6) is 0 Å². The van der Waals surface area contributed by atoms with E-state index in [4.69, 9.17) is 5.11 Å². The molecule has 0 unspecified atom stereocenters. The second-order valence-electron chi connectivity index (χ2n) is 4.22. The zero-order valence-corrected chi connectivity index (χ0v) is 10.4. The number of Topliss-reactive ketones (excluding diaryl/α,β-unsaturated/α-hetero) is 1. The Hall–Kier alpha value is -1.43. The summed E-state index contributed by atoms with van der Waals surface area (Å²) in [6, 6.07) is -0.470. The lowest BCUT2D eigenvalue weighted by Gasteiger charge is -2.19. The van der Waals surface area contributed by atoms with Crippen molar-refractivity contribution in [3.05, 3.63) is 0 Å². The molecule has 0 radical (unpaired) electrons. The number of carboxylic acid groups (broad SMARTS) is 1. The zero-order valence-electron chi connectivity index (χ0n) is 10.4. The molecule has 0 heterocycles. The van der Waals surface area contributed by atoms with Crippen molar-refractivity contribution < 1.29 is 19.5 Å². The highest BCUT2D eigenvalue weighted by Crippen LogP contribution is 2.02. The molecule has 6 heteroatoms. The minimum Gasteiger partial charge on any atom is -0.480 e. The van der Waals surface area contributed by atoms with Gasteiger partial charge in [-0.3, -0.25) is 14.4 Å². The summed E-state index contributed by atoms with van der Waals surface area (Å²) < 4.78 is 0. The fourth-order valence-corrected chi connectivity index (χ4v) is 1.38. The van der Waals surface area contributed by atoms with Gasteiger partial charge in [-0.05, 0) is 12.8 Å². The summed E-state index contributed by atoms with van der Waals surface area (Å²) >= 11 is 0.